The van der Waals surface area contributed by atoms with Crippen LogP contribution < -0.4 is 10.1 Å². The van der Waals surface area contributed by atoms with Crippen LogP contribution in [0.15, 0.2) is 63.5 Å². The molecule has 0 aliphatic carbocycles. The number of hydrogen-bond acceptors (Lipinski definition) is 4. The molecule has 142 valence electrons. The van der Waals surface area contributed by atoms with Crippen molar-refractivity contribution in [2.75, 3.05) is 12.4 Å². The molecule has 1 N–H and O–H groups in total. The molecule has 3 nitrogen and oxygen atoms in total. The molecular formula is C22H18Br2N2OS. The van der Waals surface area contributed by atoms with Gasteiger partial charge < -0.3 is 10.1 Å². The number of nitrogens with zero attached hydrogens (tertiary/aromatic N) is 1. The summed E-state index contributed by atoms with van der Waals surface area (Å²) < 4.78 is 8.45. The van der Waals surface area contributed by atoms with E-state index in [0.717, 1.165) is 48.6 Å². The molecule has 0 spiro atoms. The van der Waals surface area contributed by atoms with Crippen molar-refractivity contribution < 1.29 is 4.74 Å². The summed E-state index contributed by atoms with van der Waals surface area (Å²) in [5.74, 6) is 0.805. The van der Waals surface area contributed by atoms with Crippen molar-refractivity contribution in [1.29, 1.82) is 0 Å². The summed E-state index contributed by atoms with van der Waals surface area (Å²) in [5, 5.41) is 4.52. The Labute approximate surface area is 185 Å². The van der Waals surface area contributed by atoms with Gasteiger partial charge in [-0.3, -0.25) is 0 Å². The second-order valence-electron chi connectivity index (χ2n) is 6.51. The number of nitrogens with one attached hydrogen (secondary N) is 1. The van der Waals surface area contributed by atoms with Crippen LogP contribution in [0.2, 0.25) is 0 Å². The topological polar surface area (TPSA) is 34.1 Å². The highest BCUT2D eigenvalue weighted by atomic mass is 79.9. The van der Waals surface area contributed by atoms with Gasteiger partial charge in [0.1, 0.15) is 10.8 Å². The van der Waals surface area contributed by atoms with Gasteiger partial charge in [0.15, 0.2) is 0 Å². The van der Waals surface area contributed by atoms with Crippen molar-refractivity contribution in [3.8, 4) is 16.3 Å². The number of aromatic nitrogens is 1. The zero-order chi connectivity index (χ0) is 19.7. The van der Waals surface area contributed by atoms with E-state index in [4.69, 9.17) is 9.72 Å². The molecule has 0 saturated carbocycles. The minimum Gasteiger partial charge on any atom is -0.494 e. The normalized spacial score (nSPS) is 11.0. The summed E-state index contributed by atoms with van der Waals surface area (Å²) in [6.07, 6.45) is 0. The molecule has 1 heterocycles. The monoisotopic (exact) mass is 516 g/mol. The molecule has 0 aliphatic rings. The van der Waals surface area contributed by atoms with Crippen molar-refractivity contribution in [2.45, 2.75) is 13.5 Å². The van der Waals surface area contributed by atoms with Crippen LogP contribution in [0.1, 0.15) is 11.1 Å². The third-order valence-electron chi connectivity index (χ3n) is 4.43. The maximum absolute atomic E-state index is 5.36. The van der Waals surface area contributed by atoms with Crippen molar-refractivity contribution in [3.05, 3.63) is 74.7 Å². The first kappa shape index (κ1) is 19.4. The number of anilines is 1. The Morgan fingerprint density at radius 1 is 1.00 bits per heavy atom. The number of benzene rings is 3. The fourth-order valence-electron chi connectivity index (χ4n) is 3.00. The van der Waals surface area contributed by atoms with E-state index in [9.17, 15) is 0 Å². The summed E-state index contributed by atoms with van der Waals surface area (Å²) in [6.45, 7) is 2.83. The highest BCUT2D eigenvalue weighted by Gasteiger charge is 2.09. The van der Waals surface area contributed by atoms with Gasteiger partial charge in [-0.05, 0) is 98.4 Å². The first-order valence-corrected chi connectivity index (χ1v) is 11.2. The van der Waals surface area contributed by atoms with E-state index in [1.54, 1.807) is 18.4 Å². The number of ether oxygens (including phenoxy) is 1. The van der Waals surface area contributed by atoms with Crippen LogP contribution in [0.4, 0.5) is 5.69 Å². The lowest BCUT2D eigenvalue weighted by molar-refractivity contribution is 0.409. The van der Waals surface area contributed by atoms with Crippen molar-refractivity contribution in [1.82, 2.24) is 4.98 Å². The molecule has 0 atom stereocenters. The first-order chi connectivity index (χ1) is 13.5. The van der Waals surface area contributed by atoms with Crippen LogP contribution >= 0.6 is 43.2 Å². The van der Waals surface area contributed by atoms with Crippen LogP contribution in [0, 0.1) is 6.92 Å². The summed E-state index contributed by atoms with van der Waals surface area (Å²) in [4.78, 5) is 4.76. The van der Waals surface area contributed by atoms with Crippen LogP contribution in [-0.2, 0) is 6.54 Å². The lowest BCUT2D eigenvalue weighted by atomic mass is 10.2. The molecule has 0 saturated heterocycles. The highest BCUT2D eigenvalue weighted by molar-refractivity contribution is 9.11. The maximum Gasteiger partial charge on any atom is 0.147 e. The Hall–Kier alpha value is -1.89. The molecule has 0 aliphatic heterocycles. The Kier molecular flexibility index (Phi) is 5.71. The van der Waals surface area contributed by atoms with Gasteiger partial charge in [-0.15, -0.1) is 11.3 Å². The number of methoxy groups -OCH3 is 1. The van der Waals surface area contributed by atoms with Crippen LogP contribution in [-0.4, -0.2) is 12.1 Å². The molecule has 4 aromatic rings. The van der Waals surface area contributed by atoms with Crippen LogP contribution in [0.5, 0.6) is 5.75 Å². The Bertz CT molecular complexity index is 1120. The number of thiazole rings is 1. The molecular weight excluding hydrogens is 500 g/mol. The maximum atomic E-state index is 5.36. The predicted molar refractivity (Wildman–Crippen MR) is 126 cm³/mol. The minimum absolute atomic E-state index is 0.723. The van der Waals surface area contributed by atoms with E-state index in [0.29, 0.717) is 0 Å². The van der Waals surface area contributed by atoms with Crippen molar-refractivity contribution in [3.63, 3.8) is 0 Å². The van der Waals surface area contributed by atoms with Crippen molar-refractivity contribution in [2.24, 2.45) is 0 Å². The standard InChI is InChI=1S/C22H18Br2N2OS/c1-13-3-8-19-20(9-13)28-22(26-19)15-4-6-16(7-5-15)25-12-14-10-17(23)21(27-2)18(24)11-14/h3-11,25H,12H2,1-2H3. The molecule has 0 fully saturated rings. The quantitative estimate of drug-likeness (QED) is 0.299. The third-order valence-corrected chi connectivity index (χ3v) is 6.68. The molecule has 0 unspecified atom stereocenters. The van der Waals surface area contributed by atoms with Gasteiger partial charge in [0, 0.05) is 17.8 Å². The SMILES string of the molecule is COc1c(Br)cc(CNc2ccc(-c3nc4ccc(C)cc4s3)cc2)cc1Br. The molecule has 1 aromatic heterocycles. The molecule has 0 amide bonds. The molecule has 3 aromatic carbocycles. The Morgan fingerprint density at radius 2 is 1.71 bits per heavy atom. The number of fused-ring (bicyclic) bond motifs is 1. The number of halogens is 2. The minimum atomic E-state index is 0.723. The lowest BCUT2D eigenvalue weighted by Crippen LogP contribution is -2.00. The summed E-state index contributed by atoms with van der Waals surface area (Å²) in [7, 11) is 1.66. The second kappa shape index (κ2) is 8.23. The van der Waals surface area contributed by atoms with Gasteiger partial charge in [-0.25, -0.2) is 4.98 Å². The van der Waals surface area contributed by atoms with E-state index in [1.807, 2.05) is 0 Å². The number of aryl methyl sites for hydroxylation is 1. The summed E-state index contributed by atoms with van der Waals surface area (Å²) in [6, 6.07) is 18.9. The van der Waals surface area contributed by atoms with E-state index in [-0.39, 0.29) is 0 Å². The highest BCUT2D eigenvalue weighted by Crippen LogP contribution is 2.35. The van der Waals surface area contributed by atoms with Gasteiger partial charge in [-0.1, -0.05) is 6.07 Å². The van der Waals surface area contributed by atoms with Gasteiger partial charge in [0.2, 0.25) is 0 Å². The lowest BCUT2D eigenvalue weighted by Gasteiger charge is -2.11. The second-order valence-corrected chi connectivity index (χ2v) is 9.25. The van der Waals surface area contributed by atoms with Gasteiger partial charge in [0.25, 0.3) is 0 Å². The van der Waals surface area contributed by atoms with E-state index >= 15 is 0 Å². The zero-order valence-electron chi connectivity index (χ0n) is 15.4. The van der Waals surface area contributed by atoms with Gasteiger partial charge in [-0.2, -0.15) is 0 Å². The van der Waals surface area contributed by atoms with E-state index in [1.165, 1.54) is 10.3 Å². The fraction of sp³-hybridized carbons (Fsp3) is 0.136. The van der Waals surface area contributed by atoms with Crippen molar-refractivity contribution >= 4 is 59.1 Å². The average Bonchev–Trinajstić information content (AvgIpc) is 3.10. The average molecular weight is 518 g/mol. The fourth-order valence-corrected chi connectivity index (χ4v) is 5.67. The smallest absolute Gasteiger partial charge is 0.147 e. The molecule has 4 rings (SSSR count). The van der Waals surface area contributed by atoms with E-state index < -0.39 is 0 Å². The van der Waals surface area contributed by atoms with Gasteiger partial charge in [0.05, 0.1) is 26.3 Å². The molecule has 28 heavy (non-hydrogen) atoms. The Morgan fingerprint density at radius 3 is 2.39 bits per heavy atom. The van der Waals surface area contributed by atoms with Gasteiger partial charge >= 0.3 is 0 Å². The summed E-state index contributed by atoms with van der Waals surface area (Å²) >= 11 is 8.83. The molecule has 0 bridgehead atoms. The van der Waals surface area contributed by atoms with Crippen LogP contribution in [0.25, 0.3) is 20.8 Å². The predicted octanol–water partition coefficient (Wildman–Crippen LogP) is 7.42. The number of rotatable bonds is 5. The zero-order valence-corrected chi connectivity index (χ0v) is 19.4. The third kappa shape index (κ3) is 4.09. The Balaban J connectivity index is 1.49. The number of hydrogen-bond donors (Lipinski definition) is 1. The van der Waals surface area contributed by atoms with Crippen LogP contribution in [0.3, 0.4) is 0 Å². The van der Waals surface area contributed by atoms with E-state index in [2.05, 4.69) is 98.7 Å². The molecule has 0 radical (unpaired) electrons. The first-order valence-electron chi connectivity index (χ1n) is 8.77. The summed E-state index contributed by atoms with van der Waals surface area (Å²) in [5.41, 5.74) is 5.69. The largest absolute Gasteiger partial charge is 0.494 e. The molecule has 6 heteroatoms.